The number of para-hydroxylation sites is 1. The quantitative estimate of drug-likeness (QED) is 0.865. The molecule has 2 unspecified atom stereocenters. The molecule has 3 heteroatoms. The van der Waals surface area contributed by atoms with Crippen LogP contribution in [0, 0.1) is 0 Å². The molecule has 0 saturated carbocycles. The van der Waals surface area contributed by atoms with Gasteiger partial charge in [-0.3, -0.25) is 0 Å². The van der Waals surface area contributed by atoms with E-state index in [0.29, 0.717) is 6.04 Å². The molecule has 0 radical (unpaired) electrons. The Bertz CT molecular complexity index is 401. The molecule has 0 aromatic heterocycles. The van der Waals surface area contributed by atoms with Crippen LogP contribution in [-0.2, 0) is 4.74 Å². The summed E-state index contributed by atoms with van der Waals surface area (Å²) in [6.07, 6.45) is 1.56. The Morgan fingerprint density at radius 3 is 2.78 bits per heavy atom. The number of aliphatic hydroxyl groups excluding tert-OH is 1. The molecule has 1 fully saturated rings. The first-order valence-corrected chi connectivity index (χ1v) is 6.65. The van der Waals surface area contributed by atoms with Crippen LogP contribution in [0.4, 0.5) is 5.69 Å². The third-order valence-electron chi connectivity index (χ3n) is 3.47. The van der Waals surface area contributed by atoms with Crippen molar-refractivity contribution in [2.75, 3.05) is 11.9 Å². The van der Waals surface area contributed by atoms with Gasteiger partial charge in [0, 0.05) is 23.9 Å². The average Bonchev–Trinajstić information content (AvgIpc) is 2.28. The Kier molecular flexibility index (Phi) is 3.93. The Morgan fingerprint density at radius 1 is 1.39 bits per heavy atom. The molecule has 1 saturated heterocycles. The van der Waals surface area contributed by atoms with Crippen LogP contribution in [0.15, 0.2) is 24.3 Å². The van der Waals surface area contributed by atoms with Crippen LogP contribution in [0.2, 0.25) is 0 Å². The molecule has 1 heterocycles. The fourth-order valence-electron chi connectivity index (χ4n) is 2.57. The van der Waals surface area contributed by atoms with E-state index in [0.717, 1.165) is 30.7 Å². The predicted octanol–water partition coefficient (Wildman–Crippen LogP) is 3.11. The van der Waals surface area contributed by atoms with Gasteiger partial charge in [-0.05, 0) is 39.7 Å². The number of hydrogen-bond donors (Lipinski definition) is 2. The molecule has 2 rings (SSSR count). The highest BCUT2D eigenvalue weighted by Crippen LogP contribution is 2.29. The first kappa shape index (κ1) is 13.4. The second-order valence-electron chi connectivity index (χ2n) is 5.71. The topological polar surface area (TPSA) is 41.5 Å². The molecule has 0 bridgehead atoms. The van der Waals surface area contributed by atoms with E-state index in [1.165, 1.54) is 0 Å². The lowest BCUT2D eigenvalue weighted by atomic mass is 9.93. The van der Waals surface area contributed by atoms with E-state index in [-0.39, 0.29) is 5.60 Å². The molecular weight excluding hydrogens is 226 g/mol. The summed E-state index contributed by atoms with van der Waals surface area (Å²) in [6.45, 7) is 6.85. The second-order valence-corrected chi connectivity index (χ2v) is 5.71. The first-order valence-electron chi connectivity index (χ1n) is 6.65. The molecule has 100 valence electrons. The average molecular weight is 249 g/mol. The molecule has 1 aromatic rings. The molecule has 2 atom stereocenters. The van der Waals surface area contributed by atoms with Gasteiger partial charge in [-0.15, -0.1) is 0 Å². The number of hydrogen-bond acceptors (Lipinski definition) is 3. The Labute approximate surface area is 109 Å². The van der Waals surface area contributed by atoms with Gasteiger partial charge < -0.3 is 15.2 Å². The number of nitrogens with one attached hydrogen (secondary N) is 1. The number of anilines is 1. The molecule has 1 aliphatic rings. The molecule has 1 aliphatic heterocycles. The van der Waals surface area contributed by atoms with E-state index in [9.17, 15) is 5.11 Å². The van der Waals surface area contributed by atoms with Crippen LogP contribution in [0.5, 0.6) is 0 Å². The lowest BCUT2D eigenvalue weighted by Crippen LogP contribution is -2.40. The van der Waals surface area contributed by atoms with E-state index in [2.05, 4.69) is 19.2 Å². The number of rotatable bonds is 3. The van der Waals surface area contributed by atoms with Crippen molar-refractivity contribution in [1.29, 1.82) is 0 Å². The summed E-state index contributed by atoms with van der Waals surface area (Å²) in [5.74, 6) is 0. The summed E-state index contributed by atoms with van der Waals surface area (Å²) in [5.41, 5.74) is 1.94. The van der Waals surface area contributed by atoms with Gasteiger partial charge in [0.2, 0.25) is 0 Å². The molecule has 3 nitrogen and oxygen atoms in total. The molecular formula is C15H23NO2. The fourth-order valence-corrected chi connectivity index (χ4v) is 2.57. The van der Waals surface area contributed by atoms with Crippen LogP contribution < -0.4 is 5.32 Å². The van der Waals surface area contributed by atoms with Gasteiger partial charge in [-0.2, -0.15) is 0 Å². The van der Waals surface area contributed by atoms with Gasteiger partial charge in [0.05, 0.1) is 11.7 Å². The summed E-state index contributed by atoms with van der Waals surface area (Å²) >= 11 is 0. The third kappa shape index (κ3) is 3.24. The molecule has 1 aromatic carbocycles. The normalized spacial score (nSPS) is 24.6. The summed E-state index contributed by atoms with van der Waals surface area (Å²) in [4.78, 5) is 0. The van der Waals surface area contributed by atoms with Crippen LogP contribution in [-0.4, -0.2) is 23.4 Å². The van der Waals surface area contributed by atoms with Gasteiger partial charge in [0.25, 0.3) is 0 Å². The van der Waals surface area contributed by atoms with Crippen molar-refractivity contribution in [1.82, 2.24) is 0 Å². The number of aliphatic hydroxyl groups is 1. The van der Waals surface area contributed by atoms with Crippen molar-refractivity contribution in [3.05, 3.63) is 29.8 Å². The molecule has 18 heavy (non-hydrogen) atoms. The fraction of sp³-hybridized carbons (Fsp3) is 0.600. The van der Waals surface area contributed by atoms with E-state index >= 15 is 0 Å². The first-order chi connectivity index (χ1) is 8.48. The minimum absolute atomic E-state index is 0.0598. The van der Waals surface area contributed by atoms with Crippen molar-refractivity contribution >= 4 is 5.69 Å². The van der Waals surface area contributed by atoms with Crippen molar-refractivity contribution in [2.45, 2.75) is 51.4 Å². The maximum absolute atomic E-state index is 9.77. The molecule has 0 aliphatic carbocycles. The van der Waals surface area contributed by atoms with Crippen LogP contribution in [0.25, 0.3) is 0 Å². The SMILES string of the molecule is CC(O)c1ccccc1NC1CCOC(C)(C)C1. The highest BCUT2D eigenvalue weighted by molar-refractivity contribution is 5.52. The van der Waals surface area contributed by atoms with E-state index in [1.54, 1.807) is 6.92 Å². The van der Waals surface area contributed by atoms with Crippen molar-refractivity contribution in [3.8, 4) is 0 Å². The zero-order valence-corrected chi connectivity index (χ0v) is 11.4. The van der Waals surface area contributed by atoms with Crippen molar-refractivity contribution in [3.63, 3.8) is 0 Å². The number of benzene rings is 1. The second kappa shape index (κ2) is 5.29. The standard InChI is InChI=1S/C15H23NO2/c1-11(17)13-6-4-5-7-14(13)16-12-8-9-18-15(2,3)10-12/h4-7,11-12,16-17H,8-10H2,1-3H3. The monoisotopic (exact) mass is 249 g/mol. The summed E-state index contributed by atoms with van der Waals surface area (Å²) < 4.78 is 5.72. The van der Waals surface area contributed by atoms with E-state index < -0.39 is 6.10 Å². The van der Waals surface area contributed by atoms with Gasteiger partial charge in [0.15, 0.2) is 0 Å². The molecule has 2 N–H and O–H groups in total. The Hall–Kier alpha value is -1.06. The Morgan fingerprint density at radius 2 is 2.11 bits per heavy atom. The van der Waals surface area contributed by atoms with Gasteiger partial charge in [-0.1, -0.05) is 18.2 Å². The lowest BCUT2D eigenvalue weighted by molar-refractivity contribution is -0.0553. The molecule has 0 spiro atoms. The Balaban J connectivity index is 2.09. The summed E-state index contributed by atoms with van der Waals surface area (Å²) in [5, 5.41) is 13.3. The smallest absolute Gasteiger partial charge is 0.0781 e. The zero-order valence-electron chi connectivity index (χ0n) is 11.4. The van der Waals surface area contributed by atoms with Crippen LogP contribution in [0.3, 0.4) is 0 Å². The van der Waals surface area contributed by atoms with Gasteiger partial charge in [-0.25, -0.2) is 0 Å². The van der Waals surface area contributed by atoms with E-state index in [4.69, 9.17) is 4.74 Å². The van der Waals surface area contributed by atoms with Crippen molar-refractivity contribution in [2.24, 2.45) is 0 Å². The van der Waals surface area contributed by atoms with Crippen LogP contribution >= 0.6 is 0 Å². The molecule has 0 amide bonds. The minimum atomic E-state index is -0.443. The maximum atomic E-state index is 9.77. The maximum Gasteiger partial charge on any atom is 0.0781 e. The third-order valence-corrected chi connectivity index (χ3v) is 3.47. The van der Waals surface area contributed by atoms with Gasteiger partial charge in [0.1, 0.15) is 0 Å². The highest BCUT2D eigenvalue weighted by atomic mass is 16.5. The summed E-state index contributed by atoms with van der Waals surface area (Å²) in [7, 11) is 0. The summed E-state index contributed by atoms with van der Waals surface area (Å²) in [6, 6.07) is 8.37. The minimum Gasteiger partial charge on any atom is -0.389 e. The largest absolute Gasteiger partial charge is 0.389 e. The van der Waals surface area contributed by atoms with Gasteiger partial charge >= 0.3 is 0 Å². The van der Waals surface area contributed by atoms with E-state index in [1.807, 2.05) is 24.3 Å². The highest BCUT2D eigenvalue weighted by Gasteiger charge is 2.29. The number of ether oxygens (including phenoxy) is 1. The lowest BCUT2D eigenvalue weighted by Gasteiger charge is -2.36. The zero-order chi connectivity index (χ0) is 13.2. The predicted molar refractivity (Wildman–Crippen MR) is 73.8 cm³/mol. The van der Waals surface area contributed by atoms with Crippen LogP contribution in [0.1, 0.15) is 45.3 Å². The van der Waals surface area contributed by atoms with Crippen molar-refractivity contribution < 1.29 is 9.84 Å².